The summed E-state index contributed by atoms with van der Waals surface area (Å²) in [6.07, 6.45) is 4.05. The summed E-state index contributed by atoms with van der Waals surface area (Å²) < 4.78 is 32.7. The van der Waals surface area contributed by atoms with Gasteiger partial charge in [0, 0.05) is 32.4 Å². The predicted molar refractivity (Wildman–Crippen MR) is 100 cm³/mol. The second kappa shape index (κ2) is 7.73. The molecule has 0 radical (unpaired) electrons. The Kier molecular flexibility index (Phi) is 5.56. The number of hydrogen-bond donors (Lipinski definition) is 2. The molecule has 27 heavy (non-hydrogen) atoms. The zero-order valence-electron chi connectivity index (χ0n) is 15.5. The summed E-state index contributed by atoms with van der Waals surface area (Å²) in [6, 6.07) is 5.34. The molecular formula is C17H25N5O4S. The summed E-state index contributed by atoms with van der Waals surface area (Å²) in [4.78, 5) is 13.0. The first kappa shape index (κ1) is 19.4. The number of nitrogens with zero attached hydrogens (tertiary/aromatic N) is 3. The molecule has 9 nitrogen and oxygen atoms in total. The van der Waals surface area contributed by atoms with E-state index in [0.717, 1.165) is 0 Å². The minimum atomic E-state index is -3.27. The lowest BCUT2D eigenvalue weighted by atomic mass is 9.87. The average Bonchev–Trinajstić information content (AvgIpc) is 3.31. The molecule has 0 aromatic carbocycles. The van der Waals surface area contributed by atoms with Crippen LogP contribution in [0.4, 0.5) is 5.82 Å². The van der Waals surface area contributed by atoms with Crippen molar-refractivity contribution >= 4 is 21.7 Å². The predicted octanol–water partition coefficient (Wildman–Crippen LogP) is 0.926. The first-order valence-electron chi connectivity index (χ1n) is 8.91. The van der Waals surface area contributed by atoms with Crippen LogP contribution in [0.15, 0.2) is 35.1 Å². The zero-order valence-corrected chi connectivity index (χ0v) is 16.3. The van der Waals surface area contributed by atoms with Crippen molar-refractivity contribution in [3.8, 4) is 0 Å². The molecule has 2 aromatic rings. The second-order valence-electron chi connectivity index (χ2n) is 6.64. The molecule has 1 amide bonds. The summed E-state index contributed by atoms with van der Waals surface area (Å²) in [5.41, 5.74) is -0.930. The van der Waals surface area contributed by atoms with Gasteiger partial charge in [0.05, 0.1) is 18.6 Å². The fourth-order valence-electron chi connectivity index (χ4n) is 3.21. The highest BCUT2D eigenvalue weighted by Gasteiger charge is 2.43. The number of amides is 1. The molecule has 3 rings (SSSR count). The average molecular weight is 395 g/mol. The first-order chi connectivity index (χ1) is 12.8. The van der Waals surface area contributed by atoms with Gasteiger partial charge in [0.1, 0.15) is 17.1 Å². The molecule has 0 atom stereocenters. The highest BCUT2D eigenvalue weighted by Crippen LogP contribution is 2.28. The number of nitrogens with one attached hydrogen (secondary N) is 2. The van der Waals surface area contributed by atoms with E-state index in [2.05, 4.69) is 15.7 Å². The van der Waals surface area contributed by atoms with E-state index in [0.29, 0.717) is 24.4 Å². The Bertz CT molecular complexity index is 867. The van der Waals surface area contributed by atoms with Crippen LogP contribution in [0.3, 0.4) is 0 Å². The molecular weight excluding hydrogens is 370 g/mol. The van der Waals surface area contributed by atoms with Gasteiger partial charge in [0.15, 0.2) is 0 Å². The Balaban J connectivity index is 1.76. The van der Waals surface area contributed by atoms with Crippen LogP contribution in [0.1, 0.15) is 25.5 Å². The van der Waals surface area contributed by atoms with E-state index < -0.39 is 15.6 Å². The van der Waals surface area contributed by atoms with Gasteiger partial charge in [-0.1, -0.05) is 0 Å². The van der Waals surface area contributed by atoms with E-state index in [-0.39, 0.29) is 31.3 Å². The Hall–Kier alpha value is -2.33. The van der Waals surface area contributed by atoms with Gasteiger partial charge in [-0.05, 0) is 31.9 Å². The maximum absolute atomic E-state index is 13.0. The Morgan fingerprint density at radius 2 is 2.07 bits per heavy atom. The van der Waals surface area contributed by atoms with Gasteiger partial charge in [-0.3, -0.25) is 9.48 Å². The number of carbonyl (C=O) groups excluding carboxylic acids is 1. The van der Waals surface area contributed by atoms with Crippen LogP contribution in [-0.2, 0) is 28.4 Å². The van der Waals surface area contributed by atoms with Gasteiger partial charge in [-0.15, -0.1) is 0 Å². The van der Waals surface area contributed by atoms with Gasteiger partial charge in [0.2, 0.25) is 15.9 Å². The van der Waals surface area contributed by atoms with Crippen LogP contribution in [0.2, 0.25) is 0 Å². The van der Waals surface area contributed by atoms with E-state index in [9.17, 15) is 13.2 Å². The van der Waals surface area contributed by atoms with Crippen molar-refractivity contribution in [3.05, 3.63) is 36.4 Å². The number of rotatable bonds is 7. The maximum atomic E-state index is 13.0. The molecule has 1 aliphatic heterocycles. The summed E-state index contributed by atoms with van der Waals surface area (Å²) in [5.74, 6) is 1.09. The number of hydrogen-bond acceptors (Lipinski definition) is 6. The highest BCUT2D eigenvalue weighted by atomic mass is 32.2. The molecule has 2 aromatic heterocycles. The zero-order chi connectivity index (χ0) is 19.5. The first-order valence-corrected chi connectivity index (χ1v) is 10.5. The standard InChI is InChI=1S/C17H25N5O4S/c1-3-27(24,25)22-10-7-17(8-11-22,19-15-6-9-21(2)20-15)16(23)18-13-14-5-4-12-26-14/h4-6,9,12H,3,7-8,10-11,13H2,1-2H3,(H,18,23)(H,19,20). The van der Waals surface area contributed by atoms with Crippen LogP contribution in [0.5, 0.6) is 0 Å². The molecule has 1 fully saturated rings. The number of sulfonamides is 1. The molecule has 148 valence electrons. The highest BCUT2D eigenvalue weighted by molar-refractivity contribution is 7.89. The Morgan fingerprint density at radius 3 is 2.63 bits per heavy atom. The largest absolute Gasteiger partial charge is 0.467 e. The molecule has 0 bridgehead atoms. The molecule has 1 saturated heterocycles. The van der Waals surface area contributed by atoms with Crippen molar-refractivity contribution in [2.75, 3.05) is 24.2 Å². The topological polar surface area (TPSA) is 109 Å². The fraction of sp³-hybridized carbons (Fsp3) is 0.529. The third kappa shape index (κ3) is 4.33. The summed E-state index contributed by atoms with van der Waals surface area (Å²) >= 11 is 0. The maximum Gasteiger partial charge on any atom is 0.246 e. The Morgan fingerprint density at radius 1 is 1.33 bits per heavy atom. The van der Waals surface area contributed by atoms with Crippen LogP contribution in [-0.4, -0.2) is 52.8 Å². The van der Waals surface area contributed by atoms with Crippen molar-refractivity contribution in [2.45, 2.75) is 31.8 Å². The summed E-state index contributed by atoms with van der Waals surface area (Å²) in [5, 5.41) is 10.4. The number of aryl methyl sites for hydroxylation is 1. The third-order valence-electron chi connectivity index (χ3n) is 4.85. The molecule has 0 saturated carbocycles. The SMILES string of the molecule is CCS(=O)(=O)N1CCC(Nc2ccn(C)n2)(C(=O)NCc2ccco2)CC1. The van der Waals surface area contributed by atoms with Crippen molar-refractivity contribution in [1.29, 1.82) is 0 Å². The molecule has 0 unspecified atom stereocenters. The van der Waals surface area contributed by atoms with Crippen LogP contribution < -0.4 is 10.6 Å². The molecule has 2 N–H and O–H groups in total. The van der Waals surface area contributed by atoms with E-state index in [1.165, 1.54) is 4.31 Å². The molecule has 1 aliphatic rings. The quantitative estimate of drug-likeness (QED) is 0.722. The summed E-state index contributed by atoms with van der Waals surface area (Å²) in [7, 11) is -1.48. The second-order valence-corrected chi connectivity index (χ2v) is 8.90. The fourth-order valence-corrected chi connectivity index (χ4v) is 4.32. The van der Waals surface area contributed by atoms with Crippen molar-refractivity contribution in [3.63, 3.8) is 0 Å². The summed E-state index contributed by atoms with van der Waals surface area (Å²) in [6.45, 7) is 2.46. The molecule has 10 heteroatoms. The van der Waals surface area contributed by atoms with Crippen LogP contribution >= 0.6 is 0 Å². The molecule has 3 heterocycles. The lowest BCUT2D eigenvalue weighted by Crippen LogP contribution is -2.59. The smallest absolute Gasteiger partial charge is 0.246 e. The van der Waals surface area contributed by atoms with Crippen molar-refractivity contribution in [2.24, 2.45) is 7.05 Å². The molecule has 0 spiro atoms. The van der Waals surface area contributed by atoms with Gasteiger partial charge in [0.25, 0.3) is 0 Å². The van der Waals surface area contributed by atoms with Crippen molar-refractivity contribution < 1.29 is 17.6 Å². The number of anilines is 1. The van der Waals surface area contributed by atoms with Gasteiger partial charge in [-0.25, -0.2) is 12.7 Å². The molecule has 0 aliphatic carbocycles. The minimum Gasteiger partial charge on any atom is -0.467 e. The van der Waals surface area contributed by atoms with Crippen LogP contribution in [0, 0.1) is 0 Å². The number of piperidine rings is 1. The normalized spacial score (nSPS) is 17.6. The van der Waals surface area contributed by atoms with E-state index >= 15 is 0 Å². The Labute approximate surface area is 158 Å². The van der Waals surface area contributed by atoms with E-state index in [1.54, 1.807) is 49.3 Å². The van der Waals surface area contributed by atoms with E-state index in [1.807, 2.05) is 0 Å². The minimum absolute atomic E-state index is 0.0539. The van der Waals surface area contributed by atoms with E-state index in [4.69, 9.17) is 4.42 Å². The van der Waals surface area contributed by atoms with Crippen LogP contribution in [0.25, 0.3) is 0 Å². The van der Waals surface area contributed by atoms with Gasteiger partial charge in [-0.2, -0.15) is 5.10 Å². The third-order valence-corrected chi connectivity index (χ3v) is 6.73. The number of carbonyl (C=O) groups is 1. The lowest BCUT2D eigenvalue weighted by molar-refractivity contribution is -0.127. The van der Waals surface area contributed by atoms with Gasteiger partial charge < -0.3 is 15.1 Å². The number of aromatic nitrogens is 2. The number of furan rings is 1. The lowest BCUT2D eigenvalue weighted by Gasteiger charge is -2.40. The van der Waals surface area contributed by atoms with Crippen molar-refractivity contribution in [1.82, 2.24) is 19.4 Å². The monoisotopic (exact) mass is 395 g/mol. The van der Waals surface area contributed by atoms with Gasteiger partial charge >= 0.3 is 0 Å².